The number of aryl methyl sites for hydroxylation is 1. The molecule has 1 N–H and O–H groups in total. The largest absolute Gasteiger partial charge is 0.491 e. The van der Waals surface area contributed by atoms with Gasteiger partial charge in [0.2, 0.25) is 0 Å². The average Bonchev–Trinajstić information content (AvgIpc) is 3.37. The Bertz CT molecular complexity index is 974. The van der Waals surface area contributed by atoms with Crippen LogP contribution in [-0.4, -0.2) is 55.4 Å². The van der Waals surface area contributed by atoms with Crippen LogP contribution in [0.5, 0.6) is 5.75 Å². The van der Waals surface area contributed by atoms with Crippen LogP contribution in [-0.2, 0) is 24.1 Å². The van der Waals surface area contributed by atoms with Gasteiger partial charge in [-0.15, -0.1) is 0 Å². The minimum Gasteiger partial charge on any atom is -0.491 e. The van der Waals surface area contributed by atoms with Gasteiger partial charge >= 0.3 is 0 Å². The van der Waals surface area contributed by atoms with Crippen LogP contribution < -0.4 is 10.1 Å². The summed E-state index contributed by atoms with van der Waals surface area (Å²) in [6.45, 7) is 3.73. The summed E-state index contributed by atoms with van der Waals surface area (Å²) in [5, 5.41) is 3.21. The van der Waals surface area contributed by atoms with Crippen molar-refractivity contribution in [3.05, 3.63) is 64.7 Å². The fourth-order valence-electron chi connectivity index (χ4n) is 5.37. The number of nitrogens with zero attached hydrogens (tertiary/aromatic N) is 1. The molecule has 2 aromatic carbocycles. The number of hydrogen-bond donors (Lipinski definition) is 1. The topological polar surface area (TPSA) is 50.8 Å². The van der Waals surface area contributed by atoms with E-state index in [0.717, 1.165) is 64.0 Å². The molecule has 2 fully saturated rings. The summed E-state index contributed by atoms with van der Waals surface area (Å²) >= 11 is 0. The highest BCUT2D eigenvalue weighted by Gasteiger charge is 2.23. The van der Waals surface area contributed by atoms with Gasteiger partial charge in [0.15, 0.2) is 0 Å². The summed E-state index contributed by atoms with van der Waals surface area (Å²) in [5.74, 6) is 0.725. The Kier molecular flexibility index (Phi) is 7.45. The third kappa shape index (κ3) is 5.97. The standard InChI is InChI=1S/C28H35FN2O3/c29-24-3-1-13-31(18-24)17-20-5-6-23-16-25(10-7-22(23)15-20)30-28(32)21-8-11-26(12-9-21)34-19-27-4-2-14-33-27/h5-6,8-9,11-12,15,24-25,27H,1-4,7,10,13-14,16-19H2,(H,30,32)/t24?,25-,27-/m0/s1. The van der Waals surface area contributed by atoms with Crippen LogP contribution in [0.15, 0.2) is 42.5 Å². The van der Waals surface area contributed by atoms with Crippen LogP contribution in [0.4, 0.5) is 4.39 Å². The molecule has 34 heavy (non-hydrogen) atoms. The Morgan fingerprint density at radius 3 is 2.76 bits per heavy atom. The van der Waals surface area contributed by atoms with Gasteiger partial charge in [-0.1, -0.05) is 18.2 Å². The van der Waals surface area contributed by atoms with Gasteiger partial charge in [0, 0.05) is 31.3 Å². The molecule has 6 heteroatoms. The molecule has 182 valence electrons. The van der Waals surface area contributed by atoms with Crippen molar-refractivity contribution in [2.75, 3.05) is 26.3 Å². The summed E-state index contributed by atoms with van der Waals surface area (Å²) in [7, 11) is 0. The lowest BCUT2D eigenvalue weighted by molar-refractivity contribution is 0.0679. The van der Waals surface area contributed by atoms with Crippen molar-refractivity contribution in [3.8, 4) is 5.75 Å². The molecule has 3 atom stereocenters. The van der Waals surface area contributed by atoms with Crippen LogP contribution in [0, 0.1) is 0 Å². The molecule has 0 aromatic heterocycles. The summed E-state index contributed by atoms with van der Waals surface area (Å²) in [6.07, 6.45) is 6.01. The molecule has 0 bridgehead atoms. The Balaban J connectivity index is 1.12. The lowest BCUT2D eigenvalue weighted by Gasteiger charge is -2.30. The first-order chi connectivity index (χ1) is 16.6. The van der Waals surface area contributed by atoms with Gasteiger partial charge in [-0.25, -0.2) is 4.39 Å². The number of carbonyl (C=O) groups is 1. The second-order valence-electron chi connectivity index (χ2n) is 9.96. The van der Waals surface area contributed by atoms with E-state index in [9.17, 15) is 9.18 Å². The van der Waals surface area contributed by atoms with Gasteiger partial charge in [-0.3, -0.25) is 9.69 Å². The van der Waals surface area contributed by atoms with Crippen molar-refractivity contribution in [3.63, 3.8) is 0 Å². The summed E-state index contributed by atoms with van der Waals surface area (Å²) < 4.78 is 25.1. The Labute approximate surface area is 201 Å². The zero-order valence-electron chi connectivity index (χ0n) is 19.8. The van der Waals surface area contributed by atoms with E-state index < -0.39 is 6.17 Å². The number of rotatable bonds is 7. The quantitative estimate of drug-likeness (QED) is 0.654. The first kappa shape index (κ1) is 23.3. The number of fused-ring (bicyclic) bond motifs is 1. The number of likely N-dealkylation sites (tertiary alicyclic amines) is 1. The van der Waals surface area contributed by atoms with Crippen molar-refractivity contribution in [2.24, 2.45) is 0 Å². The fraction of sp³-hybridized carbons (Fsp3) is 0.536. The predicted octanol–water partition coefficient (Wildman–Crippen LogP) is 4.47. The van der Waals surface area contributed by atoms with E-state index in [2.05, 4.69) is 28.4 Å². The smallest absolute Gasteiger partial charge is 0.251 e. The monoisotopic (exact) mass is 466 g/mol. The second-order valence-corrected chi connectivity index (χ2v) is 9.96. The number of carbonyl (C=O) groups excluding carboxylic acids is 1. The second kappa shape index (κ2) is 10.9. The van der Waals surface area contributed by atoms with E-state index in [1.54, 1.807) is 0 Å². The lowest BCUT2D eigenvalue weighted by Crippen LogP contribution is -2.39. The summed E-state index contributed by atoms with van der Waals surface area (Å²) in [4.78, 5) is 15.0. The van der Waals surface area contributed by atoms with Crippen LogP contribution in [0.1, 0.15) is 59.2 Å². The van der Waals surface area contributed by atoms with Gasteiger partial charge < -0.3 is 14.8 Å². The van der Waals surface area contributed by atoms with Crippen molar-refractivity contribution >= 4 is 5.91 Å². The minimum absolute atomic E-state index is 0.0402. The van der Waals surface area contributed by atoms with Crippen LogP contribution in [0.2, 0.25) is 0 Å². The number of alkyl halides is 1. The minimum atomic E-state index is -0.689. The number of ether oxygens (including phenoxy) is 2. The van der Waals surface area contributed by atoms with Gasteiger partial charge in [0.1, 0.15) is 18.5 Å². The molecular weight excluding hydrogens is 431 g/mol. The molecule has 5 rings (SSSR count). The highest BCUT2D eigenvalue weighted by Crippen LogP contribution is 2.25. The molecule has 2 saturated heterocycles. The van der Waals surface area contributed by atoms with Crippen LogP contribution in [0.3, 0.4) is 0 Å². The molecule has 2 heterocycles. The Morgan fingerprint density at radius 2 is 1.97 bits per heavy atom. The van der Waals surface area contributed by atoms with Crippen molar-refractivity contribution in [2.45, 2.75) is 69.8 Å². The molecule has 5 nitrogen and oxygen atoms in total. The maximum atomic E-state index is 13.7. The Morgan fingerprint density at radius 1 is 1.09 bits per heavy atom. The summed E-state index contributed by atoms with van der Waals surface area (Å²) in [5.41, 5.74) is 4.58. The molecule has 0 radical (unpaired) electrons. The molecular formula is C28H35FN2O3. The lowest BCUT2D eigenvalue weighted by atomic mass is 9.87. The van der Waals surface area contributed by atoms with Crippen molar-refractivity contribution in [1.82, 2.24) is 10.2 Å². The number of hydrogen-bond acceptors (Lipinski definition) is 4. The molecule has 2 aromatic rings. The van der Waals surface area contributed by atoms with E-state index in [4.69, 9.17) is 9.47 Å². The highest BCUT2D eigenvalue weighted by molar-refractivity contribution is 5.94. The van der Waals surface area contributed by atoms with E-state index in [1.807, 2.05) is 24.3 Å². The molecule has 3 aliphatic rings. The summed E-state index contributed by atoms with van der Waals surface area (Å²) in [6, 6.07) is 14.1. The van der Waals surface area contributed by atoms with E-state index in [-0.39, 0.29) is 18.1 Å². The number of nitrogens with one attached hydrogen (secondary N) is 1. The first-order valence-electron chi connectivity index (χ1n) is 12.7. The molecule has 0 saturated carbocycles. The maximum Gasteiger partial charge on any atom is 0.251 e. The fourth-order valence-corrected chi connectivity index (χ4v) is 5.37. The van der Waals surface area contributed by atoms with Crippen LogP contribution in [0.25, 0.3) is 0 Å². The first-order valence-corrected chi connectivity index (χ1v) is 12.7. The highest BCUT2D eigenvalue weighted by atomic mass is 19.1. The molecule has 1 amide bonds. The van der Waals surface area contributed by atoms with E-state index >= 15 is 0 Å². The maximum absolute atomic E-state index is 13.7. The zero-order valence-corrected chi connectivity index (χ0v) is 19.8. The van der Waals surface area contributed by atoms with Crippen molar-refractivity contribution in [1.29, 1.82) is 0 Å². The SMILES string of the molecule is O=C(N[C@H]1CCc2cc(CN3CCCC(F)C3)ccc2C1)c1ccc(OC[C@@H]2CCCO2)cc1. The number of amides is 1. The average molecular weight is 467 g/mol. The molecule has 0 spiro atoms. The number of halogens is 1. The number of benzene rings is 2. The van der Waals surface area contributed by atoms with Gasteiger partial charge in [-0.2, -0.15) is 0 Å². The van der Waals surface area contributed by atoms with Gasteiger partial charge in [0.05, 0.1) is 6.10 Å². The predicted molar refractivity (Wildman–Crippen MR) is 130 cm³/mol. The molecule has 2 aliphatic heterocycles. The third-order valence-electron chi connectivity index (χ3n) is 7.26. The van der Waals surface area contributed by atoms with E-state index in [1.165, 1.54) is 16.7 Å². The number of piperidine rings is 1. The van der Waals surface area contributed by atoms with Gasteiger partial charge in [0.25, 0.3) is 5.91 Å². The third-order valence-corrected chi connectivity index (χ3v) is 7.26. The van der Waals surface area contributed by atoms with Crippen molar-refractivity contribution < 1.29 is 18.7 Å². The van der Waals surface area contributed by atoms with E-state index in [0.29, 0.717) is 25.1 Å². The normalized spacial score (nSPS) is 25.0. The van der Waals surface area contributed by atoms with Crippen LogP contribution >= 0.6 is 0 Å². The van der Waals surface area contributed by atoms with Gasteiger partial charge in [-0.05, 0) is 92.4 Å². The zero-order chi connectivity index (χ0) is 23.3. The Hall–Kier alpha value is -2.44. The molecule has 1 aliphatic carbocycles. The molecule has 1 unspecified atom stereocenters.